The van der Waals surface area contributed by atoms with Crippen LogP contribution in [0.15, 0.2) is 200 Å². The number of ketones is 1. The van der Waals surface area contributed by atoms with Gasteiger partial charge in [0, 0.05) is 85.4 Å². The van der Waals surface area contributed by atoms with Crippen LogP contribution in [0.25, 0.3) is 5.57 Å². The summed E-state index contributed by atoms with van der Waals surface area (Å²) >= 11 is 0. The van der Waals surface area contributed by atoms with E-state index < -0.39 is 0 Å². The summed E-state index contributed by atoms with van der Waals surface area (Å²) in [5, 5.41) is 18.1. The Labute approximate surface area is 460 Å². The molecule has 2 atom stereocenters. The second-order valence-electron chi connectivity index (χ2n) is 17.0. The van der Waals surface area contributed by atoms with Crippen LogP contribution >= 0.6 is 0 Å². The van der Waals surface area contributed by atoms with Crippen LogP contribution in [-0.4, -0.2) is 29.7 Å². The van der Waals surface area contributed by atoms with Crippen LogP contribution in [-0.2, 0) is 54.1 Å². The maximum Gasteiger partial charge on any atom is 0.197 e. The van der Waals surface area contributed by atoms with Crippen molar-refractivity contribution in [2.75, 3.05) is 6.54 Å². The number of carbonyl (C=O) groups is 1. The molecule has 0 saturated heterocycles. The number of nitrogens with two attached hydrogens (primary N) is 1. The standard InChI is InChI=1S/C16H17NO.C16H13NO.C16H11NO.C14H10O2.CH4.Al.Hg.2H/c3*17-10-9-14-13-6-2-1-5-12(13)11-18-16-8-4-3-7-15(14)16;15-14-11-6-2-1-5-10(11)9-16-13-8-4-3-7-12(13)14;;;;;/h1-8,14H,9-11,17H2;1-8,14H,9,11H2;1-9H,11H2;1-8H,9H2;1H4;;;;/b;;14-9+;;;;;;. The largest absolute Gasteiger partial charge is 0.489 e. The van der Waals surface area contributed by atoms with E-state index in [1.54, 1.807) is 12.1 Å². The monoisotopic (exact) mass is 1160 g/mol. The van der Waals surface area contributed by atoms with Crippen LogP contribution in [0.1, 0.15) is 104 Å². The number of benzene rings is 8. The first-order chi connectivity index (χ1) is 34.6. The van der Waals surface area contributed by atoms with Gasteiger partial charge in [0.05, 0.1) is 17.7 Å². The number of para-hydroxylation sites is 4. The predicted molar refractivity (Wildman–Crippen MR) is 288 cm³/mol. The summed E-state index contributed by atoms with van der Waals surface area (Å²) in [5.41, 5.74) is 19.6. The first-order valence-corrected chi connectivity index (χ1v) is 23.5. The van der Waals surface area contributed by atoms with E-state index in [4.69, 9.17) is 35.2 Å². The van der Waals surface area contributed by atoms with Crippen molar-refractivity contribution in [3.63, 3.8) is 0 Å². The molecule has 0 aliphatic carbocycles. The molecule has 0 amide bonds. The number of carbonyl (C=O) groups excluding carboxylic acids is 1. The van der Waals surface area contributed by atoms with Crippen LogP contribution in [0.4, 0.5) is 0 Å². The first kappa shape index (κ1) is 55.1. The van der Waals surface area contributed by atoms with Gasteiger partial charge in [-0.2, -0.15) is 10.5 Å². The number of fused-ring (bicyclic) bond motifs is 8. The summed E-state index contributed by atoms with van der Waals surface area (Å²) in [4.78, 5) is 12.2. The van der Waals surface area contributed by atoms with E-state index in [0.29, 0.717) is 56.6 Å². The van der Waals surface area contributed by atoms with Crippen LogP contribution < -0.4 is 24.7 Å². The van der Waals surface area contributed by atoms with Gasteiger partial charge >= 0.3 is 0 Å². The zero-order chi connectivity index (χ0) is 48.1. The molecule has 0 fully saturated rings. The van der Waals surface area contributed by atoms with Crippen molar-refractivity contribution in [3.8, 4) is 35.1 Å². The molecule has 4 heterocycles. The number of hydrogen-bond acceptors (Lipinski definition) is 8. The Balaban J connectivity index is 0.000000157. The molecule has 4 aliphatic rings. The smallest absolute Gasteiger partial charge is 0.197 e. The van der Waals surface area contributed by atoms with Crippen molar-refractivity contribution in [1.82, 2.24) is 0 Å². The number of allylic oxidation sites excluding steroid dienone is 1. The minimum absolute atomic E-state index is 0. The summed E-state index contributed by atoms with van der Waals surface area (Å²) in [5.74, 6) is 3.90. The summed E-state index contributed by atoms with van der Waals surface area (Å²) in [6.07, 6.45) is 3.03. The minimum Gasteiger partial charge on any atom is -0.489 e. The molecule has 2 N–H and O–H groups in total. The second kappa shape index (κ2) is 27.0. The maximum atomic E-state index is 12.2. The molecular weight excluding hydrogens is 1110 g/mol. The number of nitrogens with zero attached hydrogens (tertiary/aromatic N) is 2. The van der Waals surface area contributed by atoms with E-state index >= 15 is 0 Å². The fraction of sp³-hybridized carbons (Fsp3) is 0.159. The van der Waals surface area contributed by atoms with E-state index in [9.17, 15) is 4.79 Å². The van der Waals surface area contributed by atoms with Gasteiger partial charge in [-0.3, -0.25) is 4.79 Å². The first-order valence-electron chi connectivity index (χ1n) is 23.5. The molecule has 1 radical (unpaired) electrons. The molecule has 0 aromatic heterocycles. The van der Waals surface area contributed by atoms with Crippen molar-refractivity contribution in [3.05, 3.63) is 267 Å². The fourth-order valence-corrected chi connectivity index (χ4v) is 9.44. The Kier molecular flexibility index (Phi) is 20.4. The zero-order valence-corrected chi connectivity index (χ0v) is 47.9. The third-order valence-electron chi connectivity index (χ3n) is 12.8. The number of nitriles is 2. The number of rotatable bonds is 3. The van der Waals surface area contributed by atoms with Crippen molar-refractivity contribution in [2.24, 2.45) is 5.73 Å². The van der Waals surface area contributed by atoms with E-state index in [0.717, 1.165) is 62.6 Å². The van der Waals surface area contributed by atoms with Crippen LogP contribution in [0, 0.1) is 22.7 Å². The zero-order valence-electron chi connectivity index (χ0n) is 40.4. The average molecular weight is 1160 g/mol. The molecule has 73 heavy (non-hydrogen) atoms. The molecule has 12 rings (SSSR count). The Hall–Kier alpha value is -7.22. The van der Waals surface area contributed by atoms with E-state index in [2.05, 4.69) is 66.7 Å². The molecular formula is C63H57AlHgN3O5. The van der Waals surface area contributed by atoms with Crippen molar-refractivity contribution in [2.45, 2.75) is 58.5 Å². The third-order valence-corrected chi connectivity index (χ3v) is 12.8. The summed E-state index contributed by atoms with van der Waals surface area (Å²) < 4.78 is 23.2. The summed E-state index contributed by atoms with van der Waals surface area (Å²) in [6, 6.07) is 68.2. The van der Waals surface area contributed by atoms with Crippen LogP contribution in [0.3, 0.4) is 0 Å². The van der Waals surface area contributed by atoms with Gasteiger partial charge in [0.1, 0.15) is 66.8 Å². The van der Waals surface area contributed by atoms with E-state index in [1.807, 2.05) is 133 Å². The van der Waals surface area contributed by atoms with Gasteiger partial charge in [0.25, 0.3) is 0 Å². The molecule has 0 saturated carbocycles. The fourth-order valence-electron chi connectivity index (χ4n) is 9.44. The topological polar surface area (TPSA) is 128 Å². The predicted octanol–water partition coefficient (Wildman–Crippen LogP) is 12.7. The Bertz CT molecular complexity index is 3080. The van der Waals surface area contributed by atoms with Gasteiger partial charge in [0.15, 0.2) is 5.78 Å². The third kappa shape index (κ3) is 12.7. The molecule has 8 nitrogen and oxygen atoms in total. The van der Waals surface area contributed by atoms with Crippen molar-refractivity contribution in [1.29, 1.82) is 10.5 Å². The molecule has 2 unspecified atom stereocenters. The molecule has 8 aromatic carbocycles. The van der Waals surface area contributed by atoms with Gasteiger partial charge < -0.3 is 24.7 Å². The van der Waals surface area contributed by atoms with E-state index in [1.165, 1.54) is 27.8 Å². The Morgan fingerprint density at radius 3 is 1.37 bits per heavy atom. The maximum absolute atomic E-state index is 12.2. The quantitative estimate of drug-likeness (QED) is 0.137. The second-order valence-corrected chi connectivity index (χ2v) is 17.0. The van der Waals surface area contributed by atoms with E-state index in [-0.39, 0.29) is 64.2 Å². The molecule has 8 aromatic rings. The van der Waals surface area contributed by atoms with Gasteiger partial charge in [-0.05, 0) is 76.7 Å². The summed E-state index contributed by atoms with van der Waals surface area (Å²) in [7, 11) is 0. The number of hydrogen-bond donors (Lipinski definition) is 1. The minimum atomic E-state index is 0. The summed E-state index contributed by atoms with van der Waals surface area (Å²) in [6.45, 7) is 2.91. The van der Waals surface area contributed by atoms with Gasteiger partial charge in [0.2, 0.25) is 0 Å². The number of ether oxygens (including phenoxy) is 4. The van der Waals surface area contributed by atoms with Crippen LogP contribution in [0.2, 0.25) is 0 Å². The van der Waals surface area contributed by atoms with Gasteiger partial charge in [-0.15, -0.1) is 0 Å². The Morgan fingerprint density at radius 2 is 0.836 bits per heavy atom. The molecule has 359 valence electrons. The molecule has 4 aliphatic heterocycles. The average Bonchev–Trinajstić information content (AvgIpc) is 3.82. The normalized spacial score (nSPS) is 15.0. The SMILES string of the molecule is C.N#C/C=C1\c2ccccc2COc2ccccc21.N#CCC1c2ccccc2COc2ccccc21.NCCC1c2ccccc2COc2ccccc21.O=C1c2ccccc2COc2ccccc21.[AlH2].[Hg]. The Morgan fingerprint density at radius 1 is 0.466 bits per heavy atom. The molecule has 0 bridgehead atoms. The molecule has 10 heteroatoms. The van der Waals surface area contributed by atoms with Gasteiger partial charge in [-0.25, -0.2) is 0 Å². The van der Waals surface area contributed by atoms with Crippen molar-refractivity contribution >= 4 is 28.7 Å². The van der Waals surface area contributed by atoms with Gasteiger partial charge in [-0.1, -0.05) is 171 Å². The van der Waals surface area contributed by atoms with Crippen molar-refractivity contribution < 1.29 is 51.4 Å². The van der Waals surface area contributed by atoms with Crippen LogP contribution in [0.5, 0.6) is 23.0 Å². The molecule has 0 spiro atoms.